The van der Waals surface area contributed by atoms with E-state index in [1.807, 2.05) is 12.1 Å². The third-order valence-corrected chi connectivity index (χ3v) is 2.24. The van der Waals surface area contributed by atoms with Crippen LogP contribution in [0.1, 0.15) is 29.8 Å². The molecule has 84 valence electrons. The molecule has 0 aromatic heterocycles. The van der Waals surface area contributed by atoms with Gasteiger partial charge in [-0.25, -0.2) is 0 Å². The van der Waals surface area contributed by atoms with Crippen molar-refractivity contribution in [2.24, 2.45) is 5.73 Å². The van der Waals surface area contributed by atoms with Crippen molar-refractivity contribution in [3.8, 4) is 12.3 Å². The van der Waals surface area contributed by atoms with E-state index in [0.29, 0.717) is 12.1 Å². The third kappa shape index (κ3) is 3.11. The third-order valence-electron chi connectivity index (χ3n) is 2.24. The van der Waals surface area contributed by atoms with E-state index in [-0.39, 0.29) is 5.91 Å². The largest absolute Gasteiger partial charge is 0.336 e. The molecule has 1 aromatic carbocycles. The van der Waals surface area contributed by atoms with Gasteiger partial charge in [-0.15, -0.1) is 6.42 Å². The molecule has 3 heteroatoms. The van der Waals surface area contributed by atoms with E-state index >= 15 is 0 Å². The maximum atomic E-state index is 11.8. The van der Waals surface area contributed by atoms with Gasteiger partial charge in [-0.05, 0) is 31.5 Å². The van der Waals surface area contributed by atoms with E-state index in [2.05, 4.69) is 11.2 Å². The topological polar surface area (TPSA) is 55.1 Å². The molecule has 0 unspecified atom stereocenters. The van der Waals surface area contributed by atoms with Gasteiger partial charge in [-0.2, -0.15) is 0 Å². The molecular weight excluding hydrogens is 200 g/mol. The van der Waals surface area contributed by atoms with Crippen LogP contribution in [0.5, 0.6) is 0 Å². The van der Waals surface area contributed by atoms with Crippen molar-refractivity contribution in [1.82, 2.24) is 5.32 Å². The van der Waals surface area contributed by atoms with Gasteiger partial charge in [0.25, 0.3) is 5.91 Å². The first-order valence-electron chi connectivity index (χ1n) is 5.08. The lowest BCUT2D eigenvalue weighted by molar-refractivity contribution is 0.0930. The molecule has 3 N–H and O–H groups in total. The van der Waals surface area contributed by atoms with Crippen LogP contribution in [0.25, 0.3) is 0 Å². The second kappa shape index (κ2) is 4.82. The van der Waals surface area contributed by atoms with Gasteiger partial charge < -0.3 is 11.1 Å². The predicted molar refractivity (Wildman–Crippen MR) is 64.7 cm³/mol. The summed E-state index contributed by atoms with van der Waals surface area (Å²) in [6.45, 7) is 4.02. The summed E-state index contributed by atoms with van der Waals surface area (Å²) in [5.74, 6) is 2.34. The van der Waals surface area contributed by atoms with Gasteiger partial charge in [-0.3, -0.25) is 4.79 Å². The van der Waals surface area contributed by atoms with Crippen molar-refractivity contribution < 1.29 is 4.79 Å². The fourth-order valence-electron chi connectivity index (χ4n) is 1.18. The molecule has 0 heterocycles. The van der Waals surface area contributed by atoms with Crippen LogP contribution >= 0.6 is 0 Å². The van der Waals surface area contributed by atoms with Crippen molar-refractivity contribution in [3.05, 3.63) is 35.4 Å². The summed E-state index contributed by atoms with van der Waals surface area (Å²) in [4.78, 5) is 11.8. The Morgan fingerprint density at radius 1 is 1.44 bits per heavy atom. The lowest BCUT2D eigenvalue weighted by Gasteiger charge is -2.19. The zero-order valence-electron chi connectivity index (χ0n) is 9.58. The summed E-state index contributed by atoms with van der Waals surface area (Å²) in [6.07, 6.45) is 5.30. The molecule has 0 radical (unpaired) electrons. The highest BCUT2D eigenvalue weighted by atomic mass is 16.1. The summed E-state index contributed by atoms with van der Waals surface area (Å²) in [6, 6.07) is 7.14. The fraction of sp³-hybridized carbons (Fsp3) is 0.308. The van der Waals surface area contributed by atoms with Crippen molar-refractivity contribution in [2.45, 2.75) is 25.9 Å². The minimum absolute atomic E-state index is 0.175. The van der Waals surface area contributed by atoms with E-state index in [4.69, 9.17) is 12.2 Å². The van der Waals surface area contributed by atoms with Crippen LogP contribution in [0, 0.1) is 12.3 Å². The number of amides is 1. The predicted octanol–water partition coefficient (Wildman–Crippen LogP) is 1.29. The molecule has 0 saturated heterocycles. The van der Waals surface area contributed by atoms with E-state index < -0.39 is 5.54 Å². The molecule has 1 rings (SSSR count). The highest BCUT2D eigenvalue weighted by Gasteiger charge is 2.17. The number of nitrogens with one attached hydrogen (secondary N) is 1. The van der Waals surface area contributed by atoms with Crippen LogP contribution < -0.4 is 11.1 Å². The maximum absolute atomic E-state index is 11.8. The van der Waals surface area contributed by atoms with Gasteiger partial charge in [0.1, 0.15) is 0 Å². The summed E-state index contributed by atoms with van der Waals surface area (Å²) < 4.78 is 0. The molecule has 0 aliphatic heterocycles. The van der Waals surface area contributed by atoms with Crippen molar-refractivity contribution >= 4 is 5.91 Å². The molecule has 0 atom stereocenters. The lowest BCUT2D eigenvalue weighted by atomic mass is 10.1. The molecule has 0 bridgehead atoms. The molecule has 3 nitrogen and oxygen atoms in total. The van der Waals surface area contributed by atoms with Gasteiger partial charge >= 0.3 is 0 Å². The van der Waals surface area contributed by atoms with Crippen LogP contribution in [0.3, 0.4) is 0 Å². The van der Waals surface area contributed by atoms with Crippen molar-refractivity contribution in [3.63, 3.8) is 0 Å². The van der Waals surface area contributed by atoms with Crippen LogP contribution in [-0.4, -0.2) is 11.4 Å². The highest BCUT2D eigenvalue weighted by molar-refractivity contribution is 5.94. The van der Waals surface area contributed by atoms with Gasteiger partial charge in [0.2, 0.25) is 0 Å². The Labute approximate surface area is 96.0 Å². The smallest absolute Gasteiger partial charge is 0.252 e. The van der Waals surface area contributed by atoms with Gasteiger partial charge in [0, 0.05) is 12.1 Å². The quantitative estimate of drug-likeness (QED) is 0.748. The number of hydrogen-bond acceptors (Lipinski definition) is 2. The van der Waals surface area contributed by atoms with E-state index in [0.717, 1.165) is 5.56 Å². The van der Waals surface area contributed by atoms with E-state index in [9.17, 15) is 4.79 Å². The summed E-state index contributed by atoms with van der Waals surface area (Å²) in [7, 11) is 0. The van der Waals surface area contributed by atoms with E-state index in [1.165, 1.54) is 0 Å². The molecule has 0 aliphatic carbocycles. The first-order valence-corrected chi connectivity index (χ1v) is 5.08. The monoisotopic (exact) mass is 216 g/mol. The Hall–Kier alpha value is -1.79. The number of carbonyl (C=O) groups is 1. The summed E-state index contributed by atoms with van der Waals surface area (Å²) in [5, 5.41) is 2.75. The second-order valence-electron chi connectivity index (χ2n) is 4.12. The van der Waals surface area contributed by atoms with Gasteiger partial charge in [0.15, 0.2) is 0 Å². The molecule has 1 amide bonds. The van der Waals surface area contributed by atoms with Crippen molar-refractivity contribution in [2.75, 3.05) is 0 Å². The van der Waals surface area contributed by atoms with E-state index in [1.54, 1.807) is 26.0 Å². The molecule has 0 spiro atoms. The fourth-order valence-corrected chi connectivity index (χ4v) is 1.18. The zero-order chi connectivity index (χ0) is 12.2. The summed E-state index contributed by atoms with van der Waals surface area (Å²) >= 11 is 0. The first-order chi connectivity index (χ1) is 7.48. The average Bonchev–Trinajstić information content (AvgIpc) is 2.28. The molecular formula is C13H16N2O. The normalized spacial score (nSPS) is 10.6. The summed E-state index contributed by atoms with van der Waals surface area (Å²) in [5.41, 5.74) is 6.41. The molecule has 1 aromatic rings. The SMILES string of the molecule is C#CC(C)(C)NC(=O)c1ccc(CN)cc1. The minimum Gasteiger partial charge on any atom is -0.336 e. The van der Waals surface area contributed by atoms with Crippen molar-refractivity contribution in [1.29, 1.82) is 0 Å². The first kappa shape index (κ1) is 12.3. The Kier molecular flexibility index (Phi) is 3.70. The Morgan fingerprint density at radius 2 is 2.00 bits per heavy atom. The number of terminal acetylenes is 1. The Bertz CT molecular complexity index is 413. The molecule has 0 fully saturated rings. The number of carbonyl (C=O) groups excluding carboxylic acids is 1. The van der Waals surface area contributed by atoms with Crippen LogP contribution in [0.15, 0.2) is 24.3 Å². The van der Waals surface area contributed by atoms with Gasteiger partial charge in [0.05, 0.1) is 5.54 Å². The average molecular weight is 216 g/mol. The number of rotatable bonds is 3. The lowest BCUT2D eigenvalue weighted by Crippen LogP contribution is -2.42. The highest BCUT2D eigenvalue weighted by Crippen LogP contribution is 2.06. The van der Waals surface area contributed by atoms with Crippen LogP contribution in [0.4, 0.5) is 0 Å². The Balaban J connectivity index is 2.78. The standard InChI is InChI=1S/C13H16N2O/c1-4-13(2,3)15-12(16)11-7-5-10(9-14)6-8-11/h1,5-8H,9,14H2,2-3H3,(H,15,16). The molecule has 0 aliphatic rings. The van der Waals surface area contributed by atoms with Crippen LogP contribution in [-0.2, 0) is 6.54 Å². The number of benzene rings is 1. The van der Waals surface area contributed by atoms with Crippen LogP contribution in [0.2, 0.25) is 0 Å². The second-order valence-corrected chi connectivity index (χ2v) is 4.12. The zero-order valence-corrected chi connectivity index (χ0v) is 9.58. The molecule has 16 heavy (non-hydrogen) atoms. The number of nitrogens with two attached hydrogens (primary N) is 1. The number of hydrogen-bond donors (Lipinski definition) is 2. The molecule has 0 saturated carbocycles. The minimum atomic E-state index is -0.635. The maximum Gasteiger partial charge on any atom is 0.252 e. The Morgan fingerprint density at radius 3 is 2.44 bits per heavy atom. The van der Waals surface area contributed by atoms with Gasteiger partial charge in [-0.1, -0.05) is 18.1 Å².